The number of phenolic OH excluding ortho intramolecular Hbond substituents is 1. The zero-order chi connectivity index (χ0) is 22.6. The molecule has 2 amide bonds. The van der Waals surface area contributed by atoms with Crippen molar-refractivity contribution in [2.24, 2.45) is 11.5 Å². The van der Waals surface area contributed by atoms with Gasteiger partial charge in [-0.2, -0.15) is 13.2 Å². The highest BCUT2D eigenvalue weighted by Crippen LogP contribution is 2.24. The molecule has 0 radical (unpaired) electrons. The van der Waals surface area contributed by atoms with Crippen molar-refractivity contribution in [3.05, 3.63) is 52.0 Å². The maximum atomic E-state index is 12.6. The Morgan fingerprint density at radius 2 is 1.90 bits per heavy atom. The summed E-state index contributed by atoms with van der Waals surface area (Å²) in [6.45, 7) is 3.63. The molecule has 1 aliphatic heterocycles. The number of nitrogens with two attached hydrogens (primary N) is 2. The summed E-state index contributed by atoms with van der Waals surface area (Å²) in [5.74, 6) is -2.01. The van der Waals surface area contributed by atoms with Gasteiger partial charge in [-0.25, -0.2) is 0 Å². The van der Waals surface area contributed by atoms with Gasteiger partial charge in [0.2, 0.25) is 0 Å². The van der Waals surface area contributed by atoms with Crippen molar-refractivity contribution in [1.29, 1.82) is 0 Å². The lowest BCUT2D eigenvalue weighted by atomic mass is 10.0. The summed E-state index contributed by atoms with van der Waals surface area (Å²) in [5.41, 5.74) is 9.37. The summed E-state index contributed by atoms with van der Waals surface area (Å²) in [6.07, 6.45) is -3.51. The number of phenols is 1. The molecule has 0 bridgehead atoms. The second kappa shape index (κ2) is 9.08. The van der Waals surface area contributed by atoms with Crippen molar-refractivity contribution in [2.45, 2.75) is 32.5 Å². The van der Waals surface area contributed by atoms with E-state index in [4.69, 9.17) is 16.2 Å². The lowest BCUT2D eigenvalue weighted by Gasteiger charge is -2.15. The van der Waals surface area contributed by atoms with Crippen LogP contribution >= 0.6 is 0 Å². The number of hydrogen-bond acceptors (Lipinski definition) is 6. The van der Waals surface area contributed by atoms with E-state index in [1.807, 2.05) is 0 Å². The van der Waals surface area contributed by atoms with Gasteiger partial charge in [0.05, 0.1) is 18.2 Å². The average Bonchev–Trinajstić information content (AvgIpc) is 3.13. The van der Waals surface area contributed by atoms with Gasteiger partial charge in [-0.15, -0.1) is 0 Å². The summed E-state index contributed by atoms with van der Waals surface area (Å²) < 4.78 is 42.8. The quantitative estimate of drug-likeness (QED) is 0.451. The number of aryl methyl sites for hydroxylation is 1. The molecule has 1 aliphatic rings. The third-order valence-corrected chi connectivity index (χ3v) is 4.47. The van der Waals surface area contributed by atoms with Crippen molar-refractivity contribution in [1.82, 2.24) is 10.6 Å². The van der Waals surface area contributed by atoms with Crippen molar-refractivity contribution >= 4 is 11.8 Å². The molecule has 1 aromatic carbocycles. The Hall–Kier alpha value is -3.21. The van der Waals surface area contributed by atoms with E-state index in [9.17, 15) is 27.9 Å². The highest BCUT2D eigenvalue weighted by Gasteiger charge is 2.31. The number of carbonyl (C=O) groups is 2. The second-order valence-electron chi connectivity index (χ2n) is 6.87. The van der Waals surface area contributed by atoms with Crippen LogP contribution in [0, 0.1) is 6.92 Å². The van der Waals surface area contributed by atoms with Gasteiger partial charge in [0.15, 0.2) is 0 Å². The first-order valence-electron chi connectivity index (χ1n) is 8.94. The third-order valence-electron chi connectivity index (χ3n) is 4.47. The lowest BCUT2D eigenvalue weighted by Crippen LogP contribution is -2.35. The minimum atomic E-state index is -4.73. The molecule has 0 aromatic heterocycles. The van der Waals surface area contributed by atoms with Gasteiger partial charge in [0.25, 0.3) is 11.8 Å². The number of alkyl halides is 3. The summed E-state index contributed by atoms with van der Waals surface area (Å²) in [5, 5.41) is 15.1. The zero-order valence-corrected chi connectivity index (χ0v) is 16.4. The van der Waals surface area contributed by atoms with Crippen LogP contribution in [-0.2, 0) is 4.74 Å². The number of benzene rings is 1. The Kier molecular flexibility index (Phi) is 6.98. The van der Waals surface area contributed by atoms with Crippen LogP contribution in [-0.4, -0.2) is 42.4 Å². The van der Waals surface area contributed by atoms with Gasteiger partial charge in [-0.05, 0) is 49.6 Å². The van der Waals surface area contributed by atoms with Gasteiger partial charge >= 0.3 is 6.18 Å². The standard InChI is InChI=1S/C19H23F3N4O4/c1-9-5-14(27)13(18(29)25-11-3-4-30-8-11)7-12(9)17(28)26-16(24)10(2)6-15(23)19(20,21)22/h5-7,11,27H,3-4,8,23-24H2,1-2H3,(H,25,29)(H,26,28)/b15-6-,16-10+. The van der Waals surface area contributed by atoms with Crippen molar-refractivity contribution < 1.29 is 32.6 Å². The van der Waals surface area contributed by atoms with Crippen molar-refractivity contribution in [3.63, 3.8) is 0 Å². The molecule has 7 N–H and O–H groups in total. The summed E-state index contributed by atoms with van der Waals surface area (Å²) >= 11 is 0. The number of aromatic hydroxyl groups is 1. The molecular formula is C19H23F3N4O4. The van der Waals surface area contributed by atoms with E-state index in [0.29, 0.717) is 31.3 Å². The second-order valence-corrected chi connectivity index (χ2v) is 6.87. The SMILES string of the molecule is CC(/C=C(\N)C(F)(F)F)=C(/N)NC(=O)c1cc(C(=O)NC2CCOC2)c(O)cc1C. The van der Waals surface area contributed by atoms with E-state index in [2.05, 4.69) is 10.6 Å². The Morgan fingerprint density at radius 1 is 1.23 bits per heavy atom. The molecule has 1 atom stereocenters. The first-order valence-corrected chi connectivity index (χ1v) is 8.94. The fourth-order valence-corrected chi connectivity index (χ4v) is 2.71. The molecule has 30 heavy (non-hydrogen) atoms. The van der Waals surface area contributed by atoms with Crippen LogP contribution in [0.1, 0.15) is 39.6 Å². The Morgan fingerprint density at radius 3 is 2.47 bits per heavy atom. The van der Waals surface area contributed by atoms with Crippen molar-refractivity contribution in [3.8, 4) is 5.75 Å². The van der Waals surface area contributed by atoms with Crippen LogP contribution < -0.4 is 22.1 Å². The smallest absolute Gasteiger partial charge is 0.430 e. The molecule has 0 aliphatic carbocycles. The summed E-state index contributed by atoms with van der Waals surface area (Å²) in [4.78, 5) is 25.0. The molecule has 1 saturated heterocycles. The lowest BCUT2D eigenvalue weighted by molar-refractivity contribution is -0.0927. The maximum absolute atomic E-state index is 12.6. The maximum Gasteiger partial charge on any atom is 0.430 e. The Balaban J connectivity index is 2.24. The van der Waals surface area contributed by atoms with E-state index in [0.717, 1.165) is 0 Å². The average molecular weight is 428 g/mol. The van der Waals surface area contributed by atoms with Crippen LogP contribution in [0.4, 0.5) is 13.2 Å². The molecule has 1 unspecified atom stereocenters. The number of ether oxygens (including phenoxy) is 1. The molecule has 1 fully saturated rings. The number of amides is 2. The number of halogens is 3. The molecule has 0 saturated carbocycles. The van der Waals surface area contributed by atoms with E-state index in [1.54, 1.807) is 0 Å². The van der Waals surface area contributed by atoms with Crippen LogP contribution in [0.2, 0.25) is 0 Å². The normalized spacial score (nSPS) is 18.0. The predicted octanol–water partition coefficient (Wildman–Crippen LogP) is 1.54. The van der Waals surface area contributed by atoms with E-state index >= 15 is 0 Å². The molecule has 2 rings (SSSR count). The van der Waals surface area contributed by atoms with Gasteiger partial charge in [-0.1, -0.05) is 0 Å². The fraction of sp³-hybridized carbons (Fsp3) is 0.368. The predicted molar refractivity (Wildman–Crippen MR) is 102 cm³/mol. The van der Waals surface area contributed by atoms with Gasteiger partial charge in [-0.3, -0.25) is 9.59 Å². The molecule has 164 valence electrons. The number of rotatable bonds is 5. The largest absolute Gasteiger partial charge is 0.507 e. The number of nitrogens with one attached hydrogen (secondary N) is 2. The summed E-state index contributed by atoms with van der Waals surface area (Å²) in [7, 11) is 0. The fourth-order valence-electron chi connectivity index (χ4n) is 2.71. The van der Waals surface area contributed by atoms with Gasteiger partial charge in [0.1, 0.15) is 17.3 Å². The minimum absolute atomic E-state index is 0.0177. The highest BCUT2D eigenvalue weighted by atomic mass is 19.4. The minimum Gasteiger partial charge on any atom is -0.507 e. The third kappa shape index (κ3) is 5.66. The zero-order valence-electron chi connectivity index (χ0n) is 16.4. The van der Waals surface area contributed by atoms with Crippen LogP contribution in [0.3, 0.4) is 0 Å². The van der Waals surface area contributed by atoms with E-state index < -0.39 is 23.7 Å². The van der Waals surface area contributed by atoms with E-state index in [-0.39, 0.29) is 34.3 Å². The first kappa shape index (κ1) is 23.1. The highest BCUT2D eigenvalue weighted by molar-refractivity contribution is 6.02. The van der Waals surface area contributed by atoms with E-state index in [1.165, 1.54) is 26.0 Å². The van der Waals surface area contributed by atoms with Gasteiger partial charge < -0.3 is 31.9 Å². The molecule has 1 heterocycles. The molecule has 8 nitrogen and oxygen atoms in total. The Labute approximate surface area is 170 Å². The number of hydrogen-bond donors (Lipinski definition) is 5. The summed E-state index contributed by atoms with van der Waals surface area (Å²) in [6, 6.07) is 2.22. The number of allylic oxidation sites excluding steroid dienone is 3. The van der Waals surface area contributed by atoms with Crippen LogP contribution in [0.25, 0.3) is 0 Å². The molecule has 1 aromatic rings. The van der Waals surface area contributed by atoms with Crippen LogP contribution in [0.5, 0.6) is 5.75 Å². The Bertz CT molecular complexity index is 904. The van der Waals surface area contributed by atoms with Gasteiger partial charge in [0, 0.05) is 12.2 Å². The topological polar surface area (TPSA) is 140 Å². The molecule has 0 spiro atoms. The first-order chi connectivity index (χ1) is 13.9. The van der Waals surface area contributed by atoms with Crippen molar-refractivity contribution in [2.75, 3.05) is 13.2 Å². The number of carbonyl (C=O) groups excluding carboxylic acids is 2. The molecule has 11 heteroatoms. The van der Waals surface area contributed by atoms with Crippen LogP contribution in [0.15, 0.2) is 35.3 Å². The monoisotopic (exact) mass is 428 g/mol. The molecular weight excluding hydrogens is 405 g/mol.